The molecule has 140 valence electrons. The molecule has 3 rings (SSSR count). The van der Waals surface area contributed by atoms with Crippen LogP contribution in [-0.2, 0) is 4.74 Å². The van der Waals surface area contributed by atoms with Crippen LogP contribution in [0.15, 0.2) is 42.6 Å². The number of ether oxygens (including phenoxy) is 2. The maximum absolute atomic E-state index is 12.5. The molecule has 27 heavy (non-hydrogen) atoms. The Balaban J connectivity index is 2.22. The molecule has 0 fully saturated rings. The van der Waals surface area contributed by atoms with Crippen molar-refractivity contribution in [3.63, 3.8) is 0 Å². The molecular weight excluding hydrogens is 364 g/mol. The highest BCUT2D eigenvalue weighted by Crippen LogP contribution is 2.35. The molecule has 5 nitrogen and oxygen atoms in total. The summed E-state index contributed by atoms with van der Waals surface area (Å²) >= 11 is 6.28. The van der Waals surface area contributed by atoms with Gasteiger partial charge < -0.3 is 14.8 Å². The first-order chi connectivity index (χ1) is 13.0. The smallest absolute Gasteiger partial charge is 0.341 e. The number of fused-ring (bicyclic) bond motifs is 1. The lowest BCUT2D eigenvalue weighted by molar-refractivity contribution is 0.0527. The summed E-state index contributed by atoms with van der Waals surface area (Å²) in [6.07, 6.45) is 1.53. The Labute approximate surface area is 163 Å². The van der Waals surface area contributed by atoms with Crippen molar-refractivity contribution in [2.75, 3.05) is 18.5 Å². The Kier molecular flexibility index (Phi) is 5.81. The molecule has 0 saturated carbocycles. The van der Waals surface area contributed by atoms with Crippen molar-refractivity contribution < 1.29 is 14.3 Å². The summed E-state index contributed by atoms with van der Waals surface area (Å²) in [4.78, 5) is 17.0. The molecule has 1 aromatic heterocycles. The van der Waals surface area contributed by atoms with Crippen LogP contribution in [0.4, 0.5) is 11.4 Å². The van der Waals surface area contributed by atoms with Crippen LogP contribution in [0.25, 0.3) is 10.9 Å². The maximum atomic E-state index is 12.5. The van der Waals surface area contributed by atoms with Gasteiger partial charge in [0.05, 0.1) is 30.1 Å². The average molecular weight is 385 g/mol. The second-order valence-corrected chi connectivity index (χ2v) is 6.38. The number of hydrogen-bond acceptors (Lipinski definition) is 5. The minimum absolute atomic E-state index is 0.278. The van der Waals surface area contributed by atoms with Gasteiger partial charge in [0.15, 0.2) is 0 Å². The number of nitrogens with zero attached hydrogens (tertiary/aromatic N) is 1. The Hall–Kier alpha value is -2.79. The van der Waals surface area contributed by atoms with E-state index in [1.54, 1.807) is 13.0 Å². The van der Waals surface area contributed by atoms with Crippen molar-refractivity contribution in [2.24, 2.45) is 0 Å². The number of benzene rings is 2. The predicted molar refractivity (Wildman–Crippen MR) is 108 cm³/mol. The topological polar surface area (TPSA) is 60.5 Å². The molecule has 0 bridgehead atoms. The molecule has 0 aliphatic rings. The fraction of sp³-hybridized carbons (Fsp3) is 0.238. The zero-order chi connectivity index (χ0) is 19.4. The molecule has 2 aromatic carbocycles. The summed E-state index contributed by atoms with van der Waals surface area (Å²) in [6.45, 7) is 6.44. The minimum atomic E-state index is -0.444. The summed E-state index contributed by atoms with van der Waals surface area (Å²) in [7, 11) is 0. The number of hydrogen-bond donors (Lipinski definition) is 1. The fourth-order valence-corrected chi connectivity index (χ4v) is 3.19. The van der Waals surface area contributed by atoms with Gasteiger partial charge in [0, 0.05) is 16.6 Å². The van der Waals surface area contributed by atoms with E-state index >= 15 is 0 Å². The Morgan fingerprint density at radius 2 is 1.96 bits per heavy atom. The maximum Gasteiger partial charge on any atom is 0.341 e. The molecule has 0 saturated heterocycles. The Bertz CT molecular complexity index is 989. The summed E-state index contributed by atoms with van der Waals surface area (Å²) in [6, 6.07) is 11.2. The van der Waals surface area contributed by atoms with Gasteiger partial charge in [-0.15, -0.1) is 0 Å². The monoisotopic (exact) mass is 384 g/mol. The third-order valence-electron chi connectivity index (χ3n) is 4.07. The number of nitrogens with one attached hydrogen (secondary N) is 1. The summed E-state index contributed by atoms with van der Waals surface area (Å²) in [5.41, 5.74) is 3.38. The van der Waals surface area contributed by atoms with E-state index in [0.29, 0.717) is 28.6 Å². The third-order valence-corrected chi connectivity index (χ3v) is 4.29. The average Bonchev–Trinajstić information content (AvgIpc) is 2.64. The van der Waals surface area contributed by atoms with E-state index in [2.05, 4.69) is 10.3 Å². The molecule has 1 N–H and O–H groups in total. The zero-order valence-electron chi connectivity index (χ0n) is 15.5. The van der Waals surface area contributed by atoms with Crippen LogP contribution in [0.5, 0.6) is 5.75 Å². The molecule has 6 heteroatoms. The molecule has 0 radical (unpaired) electrons. The number of pyridine rings is 1. The standard InChI is InChI=1S/C21H21ClN2O3/c1-4-26-18-9-7-6-8-17(18)24-20-15-11-14(22)10-13(3)19(15)23-12-16(20)21(25)27-5-2/h6-12H,4-5H2,1-3H3,(H,23,24). The first-order valence-electron chi connectivity index (χ1n) is 8.80. The van der Waals surface area contributed by atoms with E-state index < -0.39 is 5.97 Å². The number of aromatic nitrogens is 1. The summed E-state index contributed by atoms with van der Waals surface area (Å²) in [5.74, 6) is 0.249. The summed E-state index contributed by atoms with van der Waals surface area (Å²) in [5, 5.41) is 4.66. The van der Waals surface area contributed by atoms with Gasteiger partial charge in [-0.05, 0) is 50.6 Å². The van der Waals surface area contributed by atoms with Crippen molar-refractivity contribution in [2.45, 2.75) is 20.8 Å². The lowest BCUT2D eigenvalue weighted by Gasteiger charge is -2.17. The van der Waals surface area contributed by atoms with Crippen molar-refractivity contribution in [3.8, 4) is 5.75 Å². The van der Waals surface area contributed by atoms with E-state index in [1.165, 1.54) is 6.20 Å². The molecule has 0 unspecified atom stereocenters. The van der Waals surface area contributed by atoms with Crippen molar-refractivity contribution >= 4 is 39.8 Å². The van der Waals surface area contributed by atoms with E-state index in [1.807, 2.05) is 44.2 Å². The number of carbonyl (C=O) groups excluding carboxylic acids is 1. The number of aryl methyl sites for hydroxylation is 1. The highest BCUT2D eigenvalue weighted by Gasteiger charge is 2.19. The van der Waals surface area contributed by atoms with Gasteiger partial charge in [-0.2, -0.15) is 0 Å². The normalized spacial score (nSPS) is 10.7. The van der Waals surface area contributed by atoms with Crippen LogP contribution in [0.2, 0.25) is 5.02 Å². The van der Waals surface area contributed by atoms with Gasteiger partial charge >= 0.3 is 5.97 Å². The predicted octanol–water partition coefficient (Wildman–Crippen LogP) is 5.52. The second kappa shape index (κ2) is 8.27. The zero-order valence-corrected chi connectivity index (χ0v) is 16.3. The van der Waals surface area contributed by atoms with Crippen molar-refractivity contribution in [1.82, 2.24) is 4.98 Å². The molecular formula is C21H21ClN2O3. The van der Waals surface area contributed by atoms with Gasteiger partial charge in [0.25, 0.3) is 0 Å². The van der Waals surface area contributed by atoms with E-state index in [-0.39, 0.29) is 6.61 Å². The molecule has 0 atom stereocenters. The molecule has 3 aromatic rings. The van der Waals surface area contributed by atoms with Gasteiger partial charge in [0.1, 0.15) is 11.3 Å². The number of anilines is 2. The highest BCUT2D eigenvalue weighted by atomic mass is 35.5. The molecule has 0 aliphatic carbocycles. The molecule has 0 aliphatic heterocycles. The van der Waals surface area contributed by atoms with E-state index in [9.17, 15) is 4.79 Å². The van der Waals surface area contributed by atoms with Crippen LogP contribution in [0.1, 0.15) is 29.8 Å². The van der Waals surface area contributed by atoms with Crippen LogP contribution >= 0.6 is 11.6 Å². The Morgan fingerprint density at radius 1 is 1.19 bits per heavy atom. The van der Waals surface area contributed by atoms with Gasteiger partial charge in [-0.1, -0.05) is 23.7 Å². The quantitative estimate of drug-likeness (QED) is 0.567. The van der Waals surface area contributed by atoms with Crippen molar-refractivity contribution in [3.05, 3.63) is 58.7 Å². The fourth-order valence-electron chi connectivity index (χ4n) is 2.92. The SMILES string of the molecule is CCOC(=O)c1cnc2c(C)cc(Cl)cc2c1Nc1ccccc1OCC. The third kappa shape index (κ3) is 3.98. The van der Waals surface area contributed by atoms with Gasteiger partial charge in [0.2, 0.25) is 0 Å². The second-order valence-electron chi connectivity index (χ2n) is 5.94. The molecule has 0 amide bonds. The molecule has 0 spiro atoms. The minimum Gasteiger partial charge on any atom is -0.492 e. The van der Waals surface area contributed by atoms with Crippen LogP contribution in [0.3, 0.4) is 0 Å². The van der Waals surface area contributed by atoms with Gasteiger partial charge in [-0.25, -0.2) is 4.79 Å². The number of rotatable bonds is 6. The highest BCUT2D eigenvalue weighted by molar-refractivity contribution is 6.31. The van der Waals surface area contributed by atoms with Crippen LogP contribution < -0.4 is 10.1 Å². The lowest BCUT2D eigenvalue weighted by atomic mass is 10.1. The first-order valence-corrected chi connectivity index (χ1v) is 9.17. The Morgan fingerprint density at radius 3 is 2.70 bits per heavy atom. The van der Waals surface area contributed by atoms with Crippen molar-refractivity contribution in [1.29, 1.82) is 0 Å². The number of para-hydroxylation sites is 2. The number of carbonyl (C=O) groups is 1. The summed E-state index contributed by atoms with van der Waals surface area (Å²) < 4.78 is 10.9. The van der Waals surface area contributed by atoms with E-state index in [4.69, 9.17) is 21.1 Å². The van der Waals surface area contributed by atoms with E-state index in [0.717, 1.165) is 22.2 Å². The first kappa shape index (κ1) is 19.0. The lowest BCUT2D eigenvalue weighted by Crippen LogP contribution is -2.10. The number of halogens is 1. The molecule has 1 heterocycles. The largest absolute Gasteiger partial charge is 0.492 e. The number of esters is 1. The van der Waals surface area contributed by atoms with Gasteiger partial charge in [-0.3, -0.25) is 4.98 Å². The van der Waals surface area contributed by atoms with Crippen LogP contribution in [-0.4, -0.2) is 24.2 Å². The van der Waals surface area contributed by atoms with Crippen LogP contribution in [0, 0.1) is 6.92 Å².